The fourth-order valence-electron chi connectivity index (χ4n) is 3.32. The van der Waals surface area contributed by atoms with Gasteiger partial charge in [-0.1, -0.05) is 19.3 Å². The predicted octanol–water partition coefficient (Wildman–Crippen LogP) is 2.06. The van der Waals surface area contributed by atoms with E-state index in [0.717, 1.165) is 25.7 Å². The molecule has 10 heteroatoms. The maximum atomic E-state index is 12.7. The molecule has 0 bridgehead atoms. The van der Waals surface area contributed by atoms with E-state index in [4.69, 9.17) is 5.11 Å². The molecule has 0 saturated heterocycles. The van der Waals surface area contributed by atoms with Crippen LogP contribution in [0.1, 0.15) is 73.0 Å². The average molecular weight is 402 g/mol. The third kappa shape index (κ3) is 4.82. The Labute approximate surface area is 168 Å². The zero-order valence-electron chi connectivity index (χ0n) is 16.6. The zero-order chi connectivity index (χ0) is 21.0. The highest BCUT2D eigenvalue weighted by atomic mass is 16.4. The molecule has 2 heterocycles. The number of amides is 2. The van der Waals surface area contributed by atoms with Gasteiger partial charge in [0.05, 0.1) is 5.69 Å². The van der Waals surface area contributed by atoms with Crippen molar-refractivity contribution in [2.45, 2.75) is 64.6 Å². The van der Waals surface area contributed by atoms with Crippen molar-refractivity contribution in [1.82, 2.24) is 24.9 Å². The molecule has 1 unspecified atom stereocenters. The molecule has 1 aliphatic carbocycles. The van der Waals surface area contributed by atoms with Crippen LogP contribution in [-0.4, -0.2) is 48.5 Å². The number of hydrogen-bond donors (Lipinski definition) is 3. The van der Waals surface area contributed by atoms with E-state index in [2.05, 4.69) is 20.8 Å². The second-order valence-corrected chi connectivity index (χ2v) is 7.20. The first-order chi connectivity index (χ1) is 13.9. The van der Waals surface area contributed by atoms with Crippen molar-refractivity contribution >= 4 is 23.5 Å². The van der Waals surface area contributed by atoms with E-state index in [1.807, 2.05) is 6.92 Å². The lowest BCUT2D eigenvalue weighted by Crippen LogP contribution is -2.36. The number of aliphatic carboxylic acids is 1. The van der Waals surface area contributed by atoms with Crippen LogP contribution in [0.4, 0.5) is 5.69 Å². The summed E-state index contributed by atoms with van der Waals surface area (Å²) in [7, 11) is 0. The van der Waals surface area contributed by atoms with E-state index in [1.54, 1.807) is 10.9 Å². The van der Waals surface area contributed by atoms with Gasteiger partial charge in [-0.05, 0) is 32.8 Å². The minimum atomic E-state index is -1.05. The molecule has 1 atom stereocenters. The van der Waals surface area contributed by atoms with E-state index < -0.39 is 17.9 Å². The predicted molar refractivity (Wildman–Crippen MR) is 105 cm³/mol. The maximum absolute atomic E-state index is 12.7. The van der Waals surface area contributed by atoms with Gasteiger partial charge >= 0.3 is 5.97 Å². The van der Waals surface area contributed by atoms with Crippen LogP contribution in [0.2, 0.25) is 0 Å². The highest BCUT2D eigenvalue weighted by Crippen LogP contribution is 2.20. The first-order valence-corrected chi connectivity index (χ1v) is 9.86. The van der Waals surface area contributed by atoms with Crippen LogP contribution < -0.4 is 10.6 Å². The number of rotatable bonds is 7. The van der Waals surface area contributed by atoms with Gasteiger partial charge in [0.15, 0.2) is 11.4 Å². The van der Waals surface area contributed by atoms with E-state index >= 15 is 0 Å². The highest BCUT2D eigenvalue weighted by Gasteiger charge is 2.24. The summed E-state index contributed by atoms with van der Waals surface area (Å²) >= 11 is 0. The highest BCUT2D eigenvalue weighted by molar-refractivity contribution is 6.07. The lowest BCUT2D eigenvalue weighted by Gasteiger charge is -2.22. The summed E-state index contributed by atoms with van der Waals surface area (Å²) < 4.78 is 2.78. The van der Waals surface area contributed by atoms with E-state index in [-0.39, 0.29) is 23.3 Å². The lowest BCUT2D eigenvalue weighted by atomic mass is 9.95. The standard InChI is InChI=1S/C19H26N6O4/c1-3-24-11-15(16(23-24)18(27)20-13-7-5-4-6-8-13)21-17(26)14-9-10-25(22-14)12(2)19(28)29/h9-13H,3-8H2,1-2H3,(H,20,27)(H,21,26)(H,28,29). The Morgan fingerprint density at radius 2 is 1.93 bits per heavy atom. The van der Waals surface area contributed by atoms with Crippen molar-refractivity contribution in [3.05, 3.63) is 29.8 Å². The number of carboxylic acid groups (broad SMARTS) is 1. The minimum absolute atomic E-state index is 0.0565. The number of carboxylic acids is 1. The SMILES string of the molecule is CCn1cc(NC(=O)c2ccn(C(C)C(=O)O)n2)c(C(=O)NC2CCCCC2)n1. The summed E-state index contributed by atoms with van der Waals surface area (Å²) in [5.74, 6) is -1.90. The molecule has 0 radical (unpaired) electrons. The molecule has 2 aromatic rings. The zero-order valence-corrected chi connectivity index (χ0v) is 16.6. The molecule has 3 rings (SSSR count). The molecular weight excluding hydrogens is 376 g/mol. The second-order valence-electron chi connectivity index (χ2n) is 7.20. The molecule has 0 spiro atoms. The topological polar surface area (TPSA) is 131 Å². The van der Waals surface area contributed by atoms with Crippen molar-refractivity contribution in [2.24, 2.45) is 0 Å². The van der Waals surface area contributed by atoms with Crippen molar-refractivity contribution in [1.29, 1.82) is 0 Å². The number of nitrogens with zero attached hydrogens (tertiary/aromatic N) is 4. The number of anilines is 1. The van der Waals surface area contributed by atoms with Crippen LogP contribution in [0, 0.1) is 0 Å². The van der Waals surface area contributed by atoms with Gasteiger partial charge in [-0.3, -0.25) is 19.0 Å². The minimum Gasteiger partial charge on any atom is -0.480 e. The van der Waals surface area contributed by atoms with E-state index in [0.29, 0.717) is 12.2 Å². The molecular formula is C19H26N6O4. The molecule has 2 amide bonds. The van der Waals surface area contributed by atoms with Gasteiger partial charge in [-0.15, -0.1) is 0 Å². The molecule has 10 nitrogen and oxygen atoms in total. The molecule has 0 aliphatic heterocycles. The van der Waals surface area contributed by atoms with Gasteiger partial charge in [0, 0.05) is 25.0 Å². The van der Waals surface area contributed by atoms with E-state index in [1.165, 1.54) is 30.3 Å². The van der Waals surface area contributed by atoms with E-state index in [9.17, 15) is 14.4 Å². The van der Waals surface area contributed by atoms with Gasteiger partial charge in [-0.25, -0.2) is 4.79 Å². The van der Waals surface area contributed by atoms with Crippen LogP contribution in [-0.2, 0) is 11.3 Å². The monoisotopic (exact) mass is 402 g/mol. The summed E-state index contributed by atoms with van der Waals surface area (Å²) in [6.45, 7) is 3.90. The normalized spacial score (nSPS) is 15.7. The largest absolute Gasteiger partial charge is 0.480 e. The molecule has 156 valence electrons. The molecule has 1 fully saturated rings. The van der Waals surface area contributed by atoms with Gasteiger partial charge in [0.1, 0.15) is 6.04 Å². The van der Waals surface area contributed by atoms with Gasteiger partial charge < -0.3 is 15.7 Å². The maximum Gasteiger partial charge on any atom is 0.328 e. The molecule has 3 N–H and O–H groups in total. The number of carbonyl (C=O) groups is 3. The summed E-state index contributed by atoms with van der Waals surface area (Å²) in [6, 6.07) is 0.664. The lowest BCUT2D eigenvalue weighted by molar-refractivity contribution is -0.140. The third-order valence-corrected chi connectivity index (χ3v) is 5.08. The Hall–Kier alpha value is -3.17. The van der Waals surface area contributed by atoms with Crippen LogP contribution in [0.5, 0.6) is 0 Å². The number of carbonyl (C=O) groups excluding carboxylic acids is 2. The number of aromatic nitrogens is 4. The fraction of sp³-hybridized carbons (Fsp3) is 0.526. The Morgan fingerprint density at radius 3 is 2.59 bits per heavy atom. The smallest absolute Gasteiger partial charge is 0.328 e. The van der Waals surface area contributed by atoms with Crippen molar-refractivity contribution < 1.29 is 19.5 Å². The second kappa shape index (κ2) is 8.89. The van der Waals surface area contributed by atoms with Crippen molar-refractivity contribution in [2.75, 3.05) is 5.32 Å². The summed E-state index contributed by atoms with van der Waals surface area (Å²) in [6.07, 6.45) is 8.29. The van der Waals surface area contributed by atoms with Crippen LogP contribution in [0.25, 0.3) is 0 Å². The van der Waals surface area contributed by atoms with Crippen molar-refractivity contribution in [3.8, 4) is 0 Å². The molecule has 2 aromatic heterocycles. The van der Waals surface area contributed by atoms with Gasteiger partial charge in [-0.2, -0.15) is 10.2 Å². The molecule has 1 saturated carbocycles. The first kappa shape index (κ1) is 20.6. The average Bonchev–Trinajstić information content (AvgIpc) is 3.35. The number of hydrogen-bond acceptors (Lipinski definition) is 5. The Balaban J connectivity index is 1.74. The Morgan fingerprint density at radius 1 is 1.21 bits per heavy atom. The van der Waals surface area contributed by atoms with Crippen LogP contribution in [0.3, 0.4) is 0 Å². The molecule has 29 heavy (non-hydrogen) atoms. The molecule has 0 aromatic carbocycles. The molecule has 1 aliphatic rings. The van der Waals surface area contributed by atoms with Crippen LogP contribution >= 0.6 is 0 Å². The Kier molecular flexibility index (Phi) is 6.30. The summed E-state index contributed by atoms with van der Waals surface area (Å²) in [5, 5.41) is 23.0. The quantitative estimate of drug-likeness (QED) is 0.650. The van der Waals surface area contributed by atoms with Crippen molar-refractivity contribution in [3.63, 3.8) is 0 Å². The number of aryl methyl sites for hydroxylation is 1. The number of nitrogens with one attached hydrogen (secondary N) is 2. The summed E-state index contributed by atoms with van der Waals surface area (Å²) in [4.78, 5) is 36.4. The van der Waals surface area contributed by atoms with Gasteiger partial charge in [0.25, 0.3) is 11.8 Å². The van der Waals surface area contributed by atoms with Gasteiger partial charge in [0.2, 0.25) is 0 Å². The Bertz CT molecular complexity index is 896. The third-order valence-electron chi connectivity index (χ3n) is 5.08. The first-order valence-electron chi connectivity index (χ1n) is 9.86. The van der Waals surface area contributed by atoms with Crippen LogP contribution in [0.15, 0.2) is 18.5 Å². The summed E-state index contributed by atoms with van der Waals surface area (Å²) in [5.41, 5.74) is 0.510. The fourth-order valence-corrected chi connectivity index (χ4v) is 3.32.